The summed E-state index contributed by atoms with van der Waals surface area (Å²) in [5.41, 5.74) is -0.330. The molecule has 2 aliphatic heterocycles. The molecule has 5 heteroatoms. The number of unbranched alkanes of at least 4 members (excludes halogenated alkanes) is 1. The van der Waals surface area contributed by atoms with Gasteiger partial charge in [0.25, 0.3) is 0 Å². The third-order valence-electron chi connectivity index (χ3n) is 6.86. The minimum Gasteiger partial charge on any atom is -0.392 e. The first kappa shape index (κ1) is 20.4. The van der Waals surface area contributed by atoms with E-state index in [1.807, 2.05) is 22.8 Å². The summed E-state index contributed by atoms with van der Waals surface area (Å²) in [4.78, 5) is 29.5. The molecule has 0 radical (unpaired) electrons. The van der Waals surface area contributed by atoms with Gasteiger partial charge >= 0.3 is 0 Å². The molecule has 1 spiro atoms. The Balaban J connectivity index is 1.61. The maximum Gasteiger partial charge on any atom is 0.225 e. The number of aliphatic hydroxyl groups excluding tert-OH is 1. The van der Waals surface area contributed by atoms with Crippen molar-refractivity contribution in [2.75, 3.05) is 26.2 Å². The molecule has 0 bridgehead atoms. The van der Waals surface area contributed by atoms with E-state index in [-0.39, 0.29) is 23.1 Å². The number of hydrogen-bond acceptors (Lipinski definition) is 3. The molecule has 152 valence electrons. The lowest BCUT2D eigenvalue weighted by atomic mass is 9.71. The van der Waals surface area contributed by atoms with E-state index in [9.17, 15) is 14.7 Å². The fraction of sp³-hybridized carbons (Fsp3) is 0.818. The van der Waals surface area contributed by atoms with Gasteiger partial charge in [-0.25, -0.2) is 0 Å². The van der Waals surface area contributed by atoms with Gasteiger partial charge < -0.3 is 14.9 Å². The van der Waals surface area contributed by atoms with Crippen molar-refractivity contribution in [3.63, 3.8) is 0 Å². The lowest BCUT2D eigenvalue weighted by Crippen LogP contribution is -2.61. The number of rotatable bonds is 5. The van der Waals surface area contributed by atoms with Crippen molar-refractivity contribution in [2.45, 2.75) is 77.2 Å². The topological polar surface area (TPSA) is 60.9 Å². The summed E-state index contributed by atoms with van der Waals surface area (Å²) in [6, 6.07) is 0. The molecule has 0 aromatic rings. The van der Waals surface area contributed by atoms with Crippen LogP contribution in [-0.4, -0.2) is 59.0 Å². The molecule has 0 aromatic carbocycles. The second-order valence-corrected chi connectivity index (χ2v) is 8.79. The van der Waals surface area contributed by atoms with Gasteiger partial charge in [-0.15, -0.1) is 0 Å². The molecular formula is C22H36N2O3. The lowest BCUT2D eigenvalue weighted by molar-refractivity contribution is -0.151. The van der Waals surface area contributed by atoms with Gasteiger partial charge in [0.15, 0.2) is 0 Å². The van der Waals surface area contributed by atoms with Crippen LogP contribution in [0.3, 0.4) is 0 Å². The minimum absolute atomic E-state index is 0.185. The molecule has 2 saturated heterocycles. The zero-order chi connectivity index (χ0) is 19.3. The number of aliphatic hydroxyl groups is 1. The maximum absolute atomic E-state index is 12.9. The number of carbonyl (C=O) groups excluding carboxylic acids is 2. The van der Waals surface area contributed by atoms with Crippen LogP contribution in [0.5, 0.6) is 0 Å². The molecule has 0 aromatic heterocycles. The quantitative estimate of drug-likeness (QED) is 0.592. The average Bonchev–Trinajstić information content (AvgIpc) is 3.22. The van der Waals surface area contributed by atoms with Gasteiger partial charge in [-0.05, 0) is 51.9 Å². The summed E-state index contributed by atoms with van der Waals surface area (Å²) in [6.07, 6.45) is 12.9. The van der Waals surface area contributed by atoms with E-state index in [2.05, 4.69) is 6.08 Å². The van der Waals surface area contributed by atoms with Crippen molar-refractivity contribution in [1.29, 1.82) is 0 Å². The fourth-order valence-corrected chi connectivity index (χ4v) is 5.24. The molecule has 1 saturated carbocycles. The van der Waals surface area contributed by atoms with Gasteiger partial charge in [0.2, 0.25) is 11.8 Å². The van der Waals surface area contributed by atoms with Crippen LogP contribution in [-0.2, 0) is 9.59 Å². The van der Waals surface area contributed by atoms with Crippen LogP contribution < -0.4 is 0 Å². The molecule has 3 rings (SSSR count). The van der Waals surface area contributed by atoms with E-state index in [0.717, 1.165) is 57.9 Å². The highest BCUT2D eigenvalue weighted by Gasteiger charge is 2.47. The number of nitrogens with zero attached hydrogens (tertiary/aromatic N) is 2. The van der Waals surface area contributed by atoms with Crippen LogP contribution in [0, 0.1) is 11.3 Å². The number of allylic oxidation sites excluding steroid dienone is 2. The number of carbonyl (C=O) groups is 2. The van der Waals surface area contributed by atoms with E-state index < -0.39 is 6.10 Å². The van der Waals surface area contributed by atoms with Gasteiger partial charge in [0.1, 0.15) is 0 Å². The highest BCUT2D eigenvalue weighted by molar-refractivity contribution is 5.79. The second-order valence-electron chi connectivity index (χ2n) is 8.79. The molecule has 1 aliphatic carbocycles. The summed E-state index contributed by atoms with van der Waals surface area (Å²) in [6.45, 7) is 4.67. The number of likely N-dealkylation sites (tertiary alicyclic amines) is 2. The van der Waals surface area contributed by atoms with E-state index in [4.69, 9.17) is 0 Å². The van der Waals surface area contributed by atoms with Crippen LogP contribution in [0.25, 0.3) is 0 Å². The van der Waals surface area contributed by atoms with Crippen molar-refractivity contribution >= 4 is 11.8 Å². The van der Waals surface area contributed by atoms with Gasteiger partial charge in [0.05, 0.1) is 6.10 Å². The predicted molar refractivity (Wildman–Crippen MR) is 106 cm³/mol. The van der Waals surface area contributed by atoms with Crippen molar-refractivity contribution in [1.82, 2.24) is 9.80 Å². The number of amides is 2. The lowest BCUT2D eigenvalue weighted by Gasteiger charge is -2.51. The largest absolute Gasteiger partial charge is 0.392 e. The summed E-state index contributed by atoms with van der Waals surface area (Å²) >= 11 is 0. The van der Waals surface area contributed by atoms with Crippen LogP contribution in [0.15, 0.2) is 12.2 Å². The zero-order valence-corrected chi connectivity index (χ0v) is 16.9. The Morgan fingerprint density at radius 1 is 1.07 bits per heavy atom. The molecule has 2 amide bonds. The van der Waals surface area contributed by atoms with Crippen LogP contribution in [0.2, 0.25) is 0 Å². The normalized spacial score (nSPS) is 29.8. The molecule has 2 heterocycles. The van der Waals surface area contributed by atoms with Crippen LogP contribution >= 0.6 is 0 Å². The molecule has 27 heavy (non-hydrogen) atoms. The van der Waals surface area contributed by atoms with Crippen LogP contribution in [0.1, 0.15) is 71.1 Å². The molecule has 0 unspecified atom stereocenters. The fourth-order valence-electron chi connectivity index (χ4n) is 5.24. The monoisotopic (exact) mass is 376 g/mol. The van der Waals surface area contributed by atoms with E-state index in [1.54, 1.807) is 0 Å². The Kier molecular flexibility index (Phi) is 6.96. The molecule has 5 nitrogen and oxygen atoms in total. The third kappa shape index (κ3) is 4.74. The maximum atomic E-state index is 12.9. The molecular weight excluding hydrogens is 340 g/mol. The minimum atomic E-state index is -0.413. The van der Waals surface area contributed by atoms with Crippen molar-refractivity contribution in [3.05, 3.63) is 12.2 Å². The molecule has 1 N–H and O–H groups in total. The Morgan fingerprint density at radius 3 is 2.56 bits per heavy atom. The van der Waals surface area contributed by atoms with E-state index in [1.165, 1.54) is 0 Å². The first-order valence-corrected chi connectivity index (χ1v) is 10.9. The van der Waals surface area contributed by atoms with Crippen molar-refractivity contribution < 1.29 is 14.7 Å². The molecule has 3 fully saturated rings. The Bertz CT molecular complexity index is 556. The highest BCUT2D eigenvalue weighted by Crippen LogP contribution is 2.40. The summed E-state index contributed by atoms with van der Waals surface area (Å²) in [5, 5.41) is 10.8. The SMILES string of the molecule is CC=CCCCC(=O)N1CCC[C@]2(C1)CN(C(=O)C1CCCC1)CC[C@H]2O. The highest BCUT2D eigenvalue weighted by atomic mass is 16.3. The van der Waals surface area contributed by atoms with Gasteiger partial charge in [0, 0.05) is 43.9 Å². The Labute approximate surface area is 163 Å². The Hall–Kier alpha value is -1.36. The summed E-state index contributed by atoms with van der Waals surface area (Å²) in [7, 11) is 0. The van der Waals surface area contributed by atoms with Crippen LogP contribution in [0.4, 0.5) is 0 Å². The smallest absolute Gasteiger partial charge is 0.225 e. The van der Waals surface area contributed by atoms with Crippen molar-refractivity contribution in [2.24, 2.45) is 11.3 Å². The van der Waals surface area contributed by atoms with Crippen molar-refractivity contribution in [3.8, 4) is 0 Å². The molecule has 3 aliphatic rings. The predicted octanol–water partition coefficient (Wildman–Crippen LogP) is 3.13. The molecule has 2 atom stereocenters. The number of hydrogen-bond donors (Lipinski definition) is 1. The number of piperidine rings is 2. The van der Waals surface area contributed by atoms with E-state index >= 15 is 0 Å². The third-order valence-corrected chi connectivity index (χ3v) is 6.86. The standard InChI is InChI=1S/C22H36N2O3/c1-2-3-4-5-11-20(26)23-14-8-13-22(16-23)17-24(15-12-19(22)25)21(27)18-9-6-7-10-18/h2-3,18-19,25H,4-17H2,1H3/t19-,22+/m1/s1. The van der Waals surface area contributed by atoms with E-state index in [0.29, 0.717) is 32.5 Å². The Morgan fingerprint density at radius 2 is 1.81 bits per heavy atom. The second kappa shape index (κ2) is 9.22. The summed E-state index contributed by atoms with van der Waals surface area (Å²) in [5.74, 6) is 0.670. The van der Waals surface area contributed by atoms with Gasteiger partial charge in [-0.1, -0.05) is 25.0 Å². The first-order chi connectivity index (χ1) is 13.1. The first-order valence-electron chi connectivity index (χ1n) is 10.9. The summed E-state index contributed by atoms with van der Waals surface area (Å²) < 4.78 is 0. The zero-order valence-electron chi connectivity index (χ0n) is 16.9. The van der Waals surface area contributed by atoms with Gasteiger partial charge in [-0.2, -0.15) is 0 Å². The average molecular weight is 377 g/mol. The van der Waals surface area contributed by atoms with Gasteiger partial charge in [-0.3, -0.25) is 9.59 Å².